The van der Waals surface area contributed by atoms with Crippen molar-refractivity contribution in [3.8, 4) is 22.8 Å². The summed E-state index contributed by atoms with van der Waals surface area (Å²) in [6.07, 6.45) is 2.03. The Morgan fingerprint density at radius 1 is 1.12 bits per heavy atom. The van der Waals surface area contributed by atoms with Gasteiger partial charge in [0.05, 0.1) is 0 Å². The van der Waals surface area contributed by atoms with Gasteiger partial charge in [-0.2, -0.15) is 4.98 Å². The van der Waals surface area contributed by atoms with Gasteiger partial charge in [0.25, 0.3) is 11.8 Å². The average Bonchev–Trinajstić information content (AvgIpc) is 3.35. The van der Waals surface area contributed by atoms with E-state index >= 15 is 0 Å². The average molecular weight is 432 g/mol. The highest BCUT2D eigenvalue weighted by atomic mass is 16.5. The first-order chi connectivity index (χ1) is 15.4. The Hall–Kier alpha value is -4.21. The molecule has 5 rings (SSSR count). The fraction of sp³-hybridized carbons (Fsp3) is 0.227. The Kier molecular flexibility index (Phi) is 4.62. The third-order valence-electron chi connectivity index (χ3n) is 5.47. The highest BCUT2D eigenvalue weighted by Crippen LogP contribution is 2.28. The lowest BCUT2D eigenvalue weighted by atomic mass is 9.91. The molecular weight excluding hydrogens is 412 g/mol. The van der Waals surface area contributed by atoms with Crippen molar-refractivity contribution in [2.45, 2.75) is 31.3 Å². The zero-order valence-corrected chi connectivity index (χ0v) is 17.1. The summed E-state index contributed by atoms with van der Waals surface area (Å²) in [7, 11) is 0. The second kappa shape index (κ2) is 7.49. The van der Waals surface area contributed by atoms with Crippen molar-refractivity contribution in [2.24, 2.45) is 0 Å². The molecule has 1 aromatic heterocycles. The Morgan fingerprint density at radius 3 is 2.59 bits per heavy atom. The van der Waals surface area contributed by atoms with Crippen LogP contribution in [0, 0.1) is 0 Å². The number of nitrogens with zero attached hydrogens (tertiary/aromatic N) is 2. The van der Waals surface area contributed by atoms with Crippen LogP contribution in [0.15, 0.2) is 53.1 Å². The minimum atomic E-state index is -1.13. The predicted octanol–water partition coefficient (Wildman–Crippen LogP) is 2.74. The molecule has 32 heavy (non-hydrogen) atoms. The van der Waals surface area contributed by atoms with Gasteiger partial charge >= 0.3 is 12.1 Å². The lowest BCUT2D eigenvalue weighted by molar-refractivity contribution is -0.123. The van der Waals surface area contributed by atoms with E-state index in [1.807, 2.05) is 6.07 Å². The van der Waals surface area contributed by atoms with E-state index in [9.17, 15) is 14.4 Å². The van der Waals surface area contributed by atoms with Gasteiger partial charge in [-0.3, -0.25) is 10.1 Å². The predicted molar refractivity (Wildman–Crippen MR) is 114 cm³/mol. The molecule has 2 aliphatic rings. The van der Waals surface area contributed by atoms with E-state index < -0.39 is 17.5 Å². The summed E-state index contributed by atoms with van der Waals surface area (Å²) in [5, 5.41) is 14.6. The van der Waals surface area contributed by atoms with Crippen LogP contribution < -0.4 is 21.3 Å². The normalized spacial score (nSPS) is 19.9. The van der Waals surface area contributed by atoms with Crippen LogP contribution in [0.2, 0.25) is 0 Å². The van der Waals surface area contributed by atoms with E-state index in [-0.39, 0.29) is 12.1 Å². The number of aromatic nitrogens is 2. The van der Waals surface area contributed by atoms with E-state index in [2.05, 4.69) is 31.4 Å². The molecule has 0 spiro atoms. The van der Waals surface area contributed by atoms with Crippen LogP contribution in [0.25, 0.3) is 22.8 Å². The summed E-state index contributed by atoms with van der Waals surface area (Å²) >= 11 is 0. The number of urea groups is 2. The van der Waals surface area contributed by atoms with E-state index in [4.69, 9.17) is 4.52 Å². The van der Waals surface area contributed by atoms with Gasteiger partial charge in [0.1, 0.15) is 5.54 Å². The van der Waals surface area contributed by atoms with Gasteiger partial charge in [-0.25, -0.2) is 9.59 Å². The van der Waals surface area contributed by atoms with Crippen LogP contribution in [-0.2, 0) is 10.3 Å². The van der Waals surface area contributed by atoms with Gasteiger partial charge in [0.2, 0.25) is 5.82 Å². The number of carbonyl (C=O) groups is 3. The van der Waals surface area contributed by atoms with Crippen LogP contribution in [0.1, 0.15) is 25.3 Å². The van der Waals surface area contributed by atoms with Crippen molar-refractivity contribution in [3.63, 3.8) is 0 Å². The fourth-order valence-electron chi connectivity index (χ4n) is 3.47. The number of hydrogen-bond acceptors (Lipinski definition) is 6. The molecule has 2 aromatic carbocycles. The quantitative estimate of drug-likeness (QED) is 0.457. The SMILES string of the molecule is CC1(c2ccc(-c3noc(-c4cccc(NC(=O)NC5CC5)c4)n3)cc2)NC(=O)NC1=O. The van der Waals surface area contributed by atoms with Gasteiger partial charge in [-0.05, 0) is 43.5 Å². The number of rotatable bonds is 5. The summed E-state index contributed by atoms with van der Waals surface area (Å²) in [5.41, 5.74) is 1.49. The van der Waals surface area contributed by atoms with E-state index in [0.29, 0.717) is 34.1 Å². The smallest absolute Gasteiger partial charge is 0.322 e. The molecular formula is C22H20N6O4. The fourth-order valence-corrected chi connectivity index (χ4v) is 3.47. The third-order valence-corrected chi connectivity index (χ3v) is 5.47. The van der Waals surface area contributed by atoms with Crippen LogP contribution >= 0.6 is 0 Å². The maximum Gasteiger partial charge on any atom is 0.322 e. The molecule has 0 radical (unpaired) electrons. The lowest BCUT2D eigenvalue weighted by Crippen LogP contribution is -2.40. The number of carbonyl (C=O) groups excluding carboxylic acids is 3. The second-order valence-corrected chi connectivity index (χ2v) is 7.99. The second-order valence-electron chi connectivity index (χ2n) is 7.99. The first-order valence-corrected chi connectivity index (χ1v) is 10.2. The van der Waals surface area contributed by atoms with E-state index in [0.717, 1.165) is 12.8 Å². The summed E-state index contributed by atoms with van der Waals surface area (Å²) in [5.74, 6) is 0.280. The zero-order chi connectivity index (χ0) is 22.3. The van der Waals surface area contributed by atoms with Crippen LogP contribution in [0.5, 0.6) is 0 Å². The van der Waals surface area contributed by atoms with Crippen molar-refractivity contribution in [2.75, 3.05) is 5.32 Å². The molecule has 2 fully saturated rings. The molecule has 2 heterocycles. The Balaban J connectivity index is 1.33. The standard InChI is InChI=1S/C22H20N6O4/c1-22(19(29)26-21(31)27-22)14-7-5-12(6-8-14)17-25-18(32-28-17)13-3-2-4-16(11-13)24-20(30)23-15-9-10-15/h2-8,11,15H,9-10H2,1H3,(H2,23,24,30)(H2,26,27,29,31). The van der Waals surface area contributed by atoms with Gasteiger partial charge in [-0.1, -0.05) is 35.5 Å². The molecule has 1 saturated heterocycles. The van der Waals surface area contributed by atoms with Crippen molar-refractivity contribution in [3.05, 3.63) is 54.1 Å². The zero-order valence-electron chi connectivity index (χ0n) is 17.1. The molecule has 5 amide bonds. The number of benzene rings is 2. The number of hydrogen-bond donors (Lipinski definition) is 4. The minimum absolute atomic E-state index is 0.239. The van der Waals surface area contributed by atoms with E-state index in [1.165, 1.54) is 0 Å². The molecule has 1 atom stereocenters. The van der Waals surface area contributed by atoms with Crippen molar-refractivity contribution < 1.29 is 18.9 Å². The monoisotopic (exact) mass is 432 g/mol. The van der Waals surface area contributed by atoms with Crippen LogP contribution in [0.4, 0.5) is 15.3 Å². The summed E-state index contributed by atoms with van der Waals surface area (Å²) < 4.78 is 5.41. The summed E-state index contributed by atoms with van der Waals surface area (Å²) in [6, 6.07) is 13.6. The topological polar surface area (TPSA) is 138 Å². The largest absolute Gasteiger partial charge is 0.335 e. The van der Waals surface area contributed by atoms with E-state index in [1.54, 1.807) is 49.4 Å². The molecule has 10 heteroatoms. The van der Waals surface area contributed by atoms with Crippen LogP contribution in [-0.4, -0.2) is 34.2 Å². The molecule has 162 valence electrons. The Labute approximate surface area is 182 Å². The molecule has 1 aliphatic carbocycles. The third kappa shape index (κ3) is 3.78. The maximum atomic E-state index is 12.1. The summed E-state index contributed by atoms with van der Waals surface area (Å²) in [4.78, 5) is 40.0. The number of anilines is 1. The minimum Gasteiger partial charge on any atom is -0.335 e. The molecule has 0 bridgehead atoms. The first kappa shape index (κ1) is 19.7. The Morgan fingerprint density at radius 2 is 1.91 bits per heavy atom. The molecule has 3 aromatic rings. The molecule has 4 N–H and O–H groups in total. The number of imide groups is 1. The summed E-state index contributed by atoms with van der Waals surface area (Å²) in [6.45, 7) is 1.64. The number of amides is 5. The van der Waals surface area contributed by atoms with Gasteiger partial charge in [-0.15, -0.1) is 0 Å². The highest BCUT2D eigenvalue weighted by molar-refractivity contribution is 6.07. The highest BCUT2D eigenvalue weighted by Gasteiger charge is 2.43. The first-order valence-electron chi connectivity index (χ1n) is 10.2. The Bertz CT molecular complexity index is 1220. The molecule has 1 unspecified atom stereocenters. The van der Waals surface area contributed by atoms with Gasteiger partial charge in [0.15, 0.2) is 0 Å². The van der Waals surface area contributed by atoms with Crippen molar-refractivity contribution in [1.29, 1.82) is 0 Å². The van der Waals surface area contributed by atoms with Gasteiger partial charge in [0, 0.05) is 22.9 Å². The maximum absolute atomic E-state index is 12.1. The van der Waals surface area contributed by atoms with Crippen molar-refractivity contribution >= 4 is 23.7 Å². The lowest BCUT2D eigenvalue weighted by Gasteiger charge is -2.20. The molecule has 10 nitrogen and oxygen atoms in total. The number of nitrogens with one attached hydrogen (secondary N) is 4. The molecule has 1 saturated carbocycles. The molecule has 1 aliphatic heterocycles. The van der Waals surface area contributed by atoms with Gasteiger partial charge < -0.3 is 20.5 Å². The van der Waals surface area contributed by atoms with Crippen LogP contribution in [0.3, 0.4) is 0 Å². The van der Waals surface area contributed by atoms with Crippen molar-refractivity contribution in [1.82, 2.24) is 26.1 Å².